The first-order chi connectivity index (χ1) is 7.51. The monoisotopic (exact) mass is 227 g/mol. The van der Waals surface area contributed by atoms with E-state index in [-0.39, 0.29) is 6.54 Å². The molecule has 1 aromatic rings. The van der Waals surface area contributed by atoms with Crippen LogP contribution in [0.1, 0.15) is 39.0 Å². The van der Waals surface area contributed by atoms with E-state index >= 15 is 0 Å². The van der Waals surface area contributed by atoms with Crippen LogP contribution in [-0.2, 0) is 17.8 Å². The van der Waals surface area contributed by atoms with E-state index in [9.17, 15) is 4.79 Å². The summed E-state index contributed by atoms with van der Waals surface area (Å²) >= 11 is 0. The Labute approximate surface area is 94.1 Å². The van der Waals surface area contributed by atoms with Crippen molar-refractivity contribution in [2.75, 3.05) is 0 Å². The Hall–Kier alpha value is -1.43. The second-order valence-corrected chi connectivity index (χ2v) is 3.79. The molecule has 2 N–H and O–H groups in total. The molecule has 6 nitrogen and oxygen atoms in total. The van der Waals surface area contributed by atoms with Crippen molar-refractivity contribution < 1.29 is 14.3 Å². The largest absolute Gasteiger partial charge is 0.480 e. The molecule has 0 aromatic carbocycles. The van der Waals surface area contributed by atoms with Gasteiger partial charge in [-0.05, 0) is 13.3 Å². The number of hydrogen-bond donors (Lipinski definition) is 2. The zero-order valence-electron chi connectivity index (χ0n) is 9.78. The van der Waals surface area contributed by atoms with Gasteiger partial charge in [0.1, 0.15) is 5.54 Å². The molecule has 90 valence electrons. The molecule has 0 fully saturated rings. The molecule has 0 bridgehead atoms. The molecule has 1 atom stereocenters. The third-order valence-corrected chi connectivity index (χ3v) is 2.62. The molecule has 0 saturated heterocycles. The highest BCUT2D eigenvalue weighted by Gasteiger charge is 2.30. The number of carboxylic acids is 1. The summed E-state index contributed by atoms with van der Waals surface area (Å²) < 4.78 is 5.27. The van der Waals surface area contributed by atoms with E-state index < -0.39 is 11.5 Å². The van der Waals surface area contributed by atoms with Crippen molar-refractivity contribution in [1.82, 2.24) is 15.5 Å². The lowest BCUT2D eigenvalue weighted by atomic mass is 9.99. The van der Waals surface area contributed by atoms with Crippen molar-refractivity contribution in [3.8, 4) is 0 Å². The first kappa shape index (κ1) is 12.6. The number of carboxylic acid groups (broad SMARTS) is 1. The predicted octanol–water partition coefficient (Wildman–Crippen LogP) is 0.975. The minimum Gasteiger partial charge on any atom is -0.480 e. The summed E-state index contributed by atoms with van der Waals surface area (Å²) in [6.45, 7) is 5.63. The number of nitrogens with zero attached hydrogens (tertiary/aromatic N) is 2. The highest BCUT2D eigenvalue weighted by molar-refractivity contribution is 5.78. The van der Waals surface area contributed by atoms with Crippen LogP contribution < -0.4 is 5.32 Å². The molecular weight excluding hydrogens is 210 g/mol. The maximum atomic E-state index is 11.0. The summed E-state index contributed by atoms with van der Waals surface area (Å²) in [4.78, 5) is 11.0. The predicted molar refractivity (Wildman–Crippen MR) is 56.8 cm³/mol. The van der Waals surface area contributed by atoms with Crippen LogP contribution in [0.4, 0.5) is 0 Å². The number of hydrogen-bond acceptors (Lipinski definition) is 5. The van der Waals surface area contributed by atoms with Crippen LogP contribution in [0.5, 0.6) is 0 Å². The number of aromatic nitrogens is 2. The molecule has 0 aliphatic heterocycles. The van der Waals surface area contributed by atoms with Crippen LogP contribution in [0.3, 0.4) is 0 Å². The molecule has 1 unspecified atom stereocenters. The van der Waals surface area contributed by atoms with E-state index in [1.165, 1.54) is 0 Å². The van der Waals surface area contributed by atoms with E-state index in [1.54, 1.807) is 6.92 Å². The lowest BCUT2D eigenvalue weighted by molar-refractivity contribution is -0.144. The summed E-state index contributed by atoms with van der Waals surface area (Å²) in [5.41, 5.74) is -0.957. The van der Waals surface area contributed by atoms with Crippen molar-refractivity contribution in [2.24, 2.45) is 0 Å². The number of nitrogens with one attached hydrogen (secondary N) is 1. The van der Waals surface area contributed by atoms with Gasteiger partial charge in [0.05, 0.1) is 6.54 Å². The number of aliphatic carboxylic acids is 1. The smallest absolute Gasteiger partial charge is 0.323 e. The highest BCUT2D eigenvalue weighted by atomic mass is 16.4. The van der Waals surface area contributed by atoms with E-state index in [0.717, 1.165) is 0 Å². The zero-order valence-corrected chi connectivity index (χ0v) is 9.78. The molecule has 16 heavy (non-hydrogen) atoms. The van der Waals surface area contributed by atoms with Gasteiger partial charge in [-0.1, -0.05) is 13.8 Å². The van der Waals surface area contributed by atoms with Crippen molar-refractivity contribution in [1.29, 1.82) is 0 Å². The SMILES string of the molecule is CCc1nnc(CNC(C)(CC)C(=O)O)o1. The average Bonchev–Trinajstić information content (AvgIpc) is 2.73. The third kappa shape index (κ3) is 2.79. The van der Waals surface area contributed by atoms with Gasteiger partial charge in [-0.15, -0.1) is 10.2 Å². The summed E-state index contributed by atoms with van der Waals surface area (Å²) in [5, 5.41) is 19.5. The lowest BCUT2D eigenvalue weighted by Crippen LogP contribution is -2.48. The average molecular weight is 227 g/mol. The second-order valence-electron chi connectivity index (χ2n) is 3.79. The van der Waals surface area contributed by atoms with E-state index in [4.69, 9.17) is 9.52 Å². The summed E-state index contributed by atoms with van der Waals surface area (Å²) in [5.74, 6) is 0.0910. The van der Waals surface area contributed by atoms with E-state index in [1.807, 2.05) is 13.8 Å². The van der Waals surface area contributed by atoms with Crippen molar-refractivity contribution in [3.05, 3.63) is 11.8 Å². The van der Waals surface area contributed by atoms with Gasteiger partial charge >= 0.3 is 5.97 Å². The molecule has 0 aliphatic carbocycles. The van der Waals surface area contributed by atoms with Crippen LogP contribution in [0.15, 0.2) is 4.42 Å². The Kier molecular flexibility index (Phi) is 4.00. The fourth-order valence-corrected chi connectivity index (χ4v) is 1.13. The van der Waals surface area contributed by atoms with E-state index in [2.05, 4.69) is 15.5 Å². The minimum atomic E-state index is -0.957. The minimum absolute atomic E-state index is 0.268. The van der Waals surface area contributed by atoms with Crippen LogP contribution in [-0.4, -0.2) is 26.8 Å². The van der Waals surface area contributed by atoms with Crippen LogP contribution in [0.2, 0.25) is 0 Å². The molecule has 0 spiro atoms. The van der Waals surface area contributed by atoms with Crippen LogP contribution in [0, 0.1) is 0 Å². The second kappa shape index (κ2) is 5.07. The quantitative estimate of drug-likeness (QED) is 0.753. The first-order valence-corrected chi connectivity index (χ1v) is 5.31. The molecular formula is C10H17N3O3. The highest BCUT2D eigenvalue weighted by Crippen LogP contribution is 2.10. The molecule has 0 radical (unpaired) electrons. The summed E-state index contributed by atoms with van der Waals surface area (Å²) in [7, 11) is 0. The zero-order chi connectivity index (χ0) is 12.2. The molecule has 0 amide bonds. The lowest BCUT2D eigenvalue weighted by Gasteiger charge is -2.23. The first-order valence-electron chi connectivity index (χ1n) is 5.31. The van der Waals surface area contributed by atoms with Gasteiger partial charge in [0, 0.05) is 6.42 Å². The Morgan fingerprint density at radius 3 is 2.50 bits per heavy atom. The van der Waals surface area contributed by atoms with Crippen molar-refractivity contribution >= 4 is 5.97 Å². The van der Waals surface area contributed by atoms with Crippen LogP contribution >= 0.6 is 0 Å². The molecule has 6 heteroatoms. The van der Waals surface area contributed by atoms with Gasteiger partial charge < -0.3 is 9.52 Å². The van der Waals surface area contributed by atoms with Gasteiger partial charge in [0.25, 0.3) is 0 Å². The fraction of sp³-hybridized carbons (Fsp3) is 0.700. The van der Waals surface area contributed by atoms with E-state index in [0.29, 0.717) is 24.6 Å². The summed E-state index contributed by atoms with van der Waals surface area (Å²) in [6.07, 6.45) is 1.16. The molecule has 1 rings (SSSR count). The standard InChI is InChI=1S/C10H17N3O3/c1-4-7-12-13-8(16-7)6-11-10(3,5-2)9(14)15/h11H,4-6H2,1-3H3,(H,14,15). The van der Waals surface area contributed by atoms with Gasteiger partial charge in [-0.25, -0.2) is 0 Å². The fourth-order valence-electron chi connectivity index (χ4n) is 1.13. The Morgan fingerprint density at radius 1 is 1.44 bits per heavy atom. The maximum Gasteiger partial charge on any atom is 0.323 e. The summed E-state index contributed by atoms with van der Waals surface area (Å²) in [6, 6.07) is 0. The topological polar surface area (TPSA) is 88.2 Å². The Morgan fingerprint density at radius 2 is 2.06 bits per heavy atom. The van der Waals surface area contributed by atoms with Gasteiger partial charge in [-0.2, -0.15) is 0 Å². The number of aryl methyl sites for hydroxylation is 1. The number of rotatable bonds is 6. The molecule has 0 aliphatic rings. The van der Waals surface area contributed by atoms with Gasteiger partial charge in [0.15, 0.2) is 0 Å². The molecule has 1 aromatic heterocycles. The number of carbonyl (C=O) groups is 1. The third-order valence-electron chi connectivity index (χ3n) is 2.62. The van der Waals surface area contributed by atoms with Crippen LogP contribution in [0.25, 0.3) is 0 Å². The molecule has 0 saturated carbocycles. The van der Waals surface area contributed by atoms with Crippen molar-refractivity contribution in [3.63, 3.8) is 0 Å². The van der Waals surface area contributed by atoms with Crippen molar-refractivity contribution in [2.45, 2.75) is 45.7 Å². The normalized spacial score (nSPS) is 14.7. The Bertz CT molecular complexity index is 364. The Balaban J connectivity index is 2.59. The van der Waals surface area contributed by atoms with Gasteiger partial charge in [0.2, 0.25) is 11.8 Å². The maximum absolute atomic E-state index is 11.0. The molecule has 1 heterocycles. The van der Waals surface area contributed by atoms with Gasteiger partial charge in [-0.3, -0.25) is 10.1 Å².